The van der Waals surface area contributed by atoms with Crippen molar-refractivity contribution >= 4 is 11.8 Å². The second kappa shape index (κ2) is 5.71. The molecule has 0 aromatic heterocycles. The fraction of sp³-hybridized carbons (Fsp3) is 0.529. The molecular weight excluding hydrogens is 283 g/mol. The molecule has 4 nitrogen and oxygen atoms in total. The Labute approximate surface area is 129 Å². The van der Waals surface area contributed by atoms with Gasteiger partial charge in [0.15, 0.2) is 0 Å². The smallest absolute Gasteiger partial charge is 0.253 e. The van der Waals surface area contributed by atoms with Crippen LogP contribution < -0.4 is 0 Å². The lowest BCUT2D eigenvalue weighted by molar-refractivity contribution is -0.137. The minimum atomic E-state index is -0.383. The summed E-state index contributed by atoms with van der Waals surface area (Å²) in [4.78, 5) is 27.7. The van der Waals surface area contributed by atoms with E-state index >= 15 is 0 Å². The van der Waals surface area contributed by atoms with Gasteiger partial charge in [-0.3, -0.25) is 9.59 Å². The van der Waals surface area contributed by atoms with Crippen LogP contribution in [0.5, 0.6) is 0 Å². The Bertz CT molecular complexity index is 594. The quantitative estimate of drug-likeness (QED) is 0.799. The predicted molar refractivity (Wildman–Crippen MR) is 80.8 cm³/mol. The number of amides is 2. The van der Waals surface area contributed by atoms with Gasteiger partial charge in [-0.2, -0.15) is 0 Å². The van der Waals surface area contributed by atoms with E-state index in [0.717, 1.165) is 25.8 Å². The molecule has 5 heteroatoms. The van der Waals surface area contributed by atoms with E-state index in [9.17, 15) is 14.0 Å². The molecule has 0 radical (unpaired) electrons. The van der Waals surface area contributed by atoms with E-state index in [1.54, 1.807) is 17.0 Å². The Morgan fingerprint density at radius 3 is 2.59 bits per heavy atom. The summed E-state index contributed by atoms with van der Waals surface area (Å²) in [6.07, 6.45) is 3.34. The standard InChI is InChI=1S/C17H21FN2O2/c1-19-12-17(6-5-15(19)21)7-9-20(10-8-17)16(22)13-3-2-4-14(18)11-13/h2-4,11H,5-10,12H2,1H3. The van der Waals surface area contributed by atoms with Crippen LogP contribution in [0.25, 0.3) is 0 Å². The van der Waals surface area contributed by atoms with Crippen molar-refractivity contribution in [1.29, 1.82) is 0 Å². The zero-order chi connectivity index (χ0) is 15.7. The Hall–Kier alpha value is -1.91. The summed E-state index contributed by atoms with van der Waals surface area (Å²) in [6, 6.07) is 5.86. The lowest BCUT2D eigenvalue weighted by atomic mass is 9.72. The molecule has 0 saturated carbocycles. The van der Waals surface area contributed by atoms with Crippen LogP contribution in [-0.4, -0.2) is 48.3 Å². The maximum Gasteiger partial charge on any atom is 0.253 e. The van der Waals surface area contributed by atoms with Gasteiger partial charge < -0.3 is 9.80 Å². The highest BCUT2D eigenvalue weighted by Crippen LogP contribution is 2.40. The second-order valence-corrected chi connectivity index (χ2v) is 6.55. The maximum absolute atomic E-state index is 13.3. The molecule has 2 heterocycles. The molecule has 2 saturated heterocycles. The van der Waals surface area contributed by atoms with Gasteiger partial charge in [-0.1, -0.05) is 6.07 Å². The van der Waals surface area contributed by atoms with Crippen molar-refractivity contribution in [2.24, 2.45) is 5.41 Å². The van der Waals surface area contributed by atoms with Crippen molar-refractivity contribution < 1.29 is 14.0 Å². The molecule has 2 aliphatic rings. The van der Waals surface area contributed by atoms with Crippen LogP contribution in [-0.2, 0) is 4.79 Å². The lowest BCUT2D eigenvalue weighted by Gasteiger charge is -2.46. The van der Waals surface area contributed by atoms with E-state index in [2.05, 4.69) is 0 Å². The number of piperidine rings is 2. The maximum atomic E-state index is 13.3. The van der Waals surface area contributed by atoms with Gasteiger partial charge in [-0.15, -0.1) is 0 Å². The first-order valence-electron chi connectivity index (χ1n) is 7.78. The summed E-state index contributed by atoms with van der Waals surface area (Å²) in [5.74, 6) is -0.273. The highest BCUT2D eigenvalue weighted by Gasteiger charge is 2.40. The van der Waals surface area contributed by atoms with E-state index in [1.807, 2.05) is 11.9 Å². The molecule has 22 heavy (non-hydrogen) atoms. The normalized spacial score (nSPS) is 21.3. The van der Waals surface area contributed by atoms with E-state index in [-0.39, 0.29) is 23.0 Å². The summed E-state index contributed by atoms with van der Waals surface area (Å²) in [6.45, 7) is 2.14. The molecule has 3 rings (SSSR count). The fourth-order valence-electron chi connectivity index (χ4n) is 3.63. The van der Waals surface area contributed by atoms with Crippen LogP contribution in [0.15, 0.2) is 24.3 Å². The van der Waals surface area contributed by atoms with Crippen molar-refractivity contribution in [2.45, 2.75) is 25.7 Å². The van der Waals surface area contributed by atoms with Crippen molar-refractivity contribution in [3.05, 3.63) is 35.6 Å². The number of rotatable bonds is 1. The zero-order valence-electron chi connectivity index (χ0n) is 12.8. The molecular formula is C17H21FN2O2. The van der Waals surface area contributed by atoms with Gasteiger partial charge in [0, 0.05) is 38.7 Å². The molecule has 118 valence electrons. The molecule has 0 N–H and O–H groups in total. The number of likely N-dealkylation sites (tertiary alicyclic amines) is 2. The van der Waals surface area contributed by atoms with Gasteiger partial charge >= 0.3 is 0 Å². The van der Waals surface area contributed by atoms with Gasteiger partial charge in [0.2, 0.25) is 5.91 Å². The fourth-order valence-corrected chi connectivity index (χ4v) is 3.63. The molecule has 0 atom stereocenters. The van der Waals surface area contributed by atoms with Crippen LogP contribution in [0.4, 0.5) is 4.39 Å². The van der Waals surface area contributed by atoms with E-state index in [4.69, 9.17) is 0 Å². The molecule has 2 fully saturated rings. The lowest BCUT2D eigenvalue weighted by Crippen LogP contribution is -2.51. The number of carbonyl (C=O) groups is 2. The largest absolute Gasteiger partial charge is 0.345 e. The molecule has 2 amide bonds. The molecule has 2 aliphatic heterocycles. The number of nitrogens with zero attached hydrogens (tertiary/aromatic N) is 2. The number of hydrogen-bond donors (Lipinski definition) is 0. The van der Waals surface area contributed by atoms with Crippen LogP contribution in [0.2, 0.25) is 0 Å². The molecule has 0 bridgehead atoms. The van der Waals surface area contributed by atoms with Crippen LogP contribution in [0.1, 0.15) is 36.0 Å². The highest BCUT2D eigenvalue weighted by molar-refractivity contribution is 5.94. The molecule has 1 aromatic rings. The van der Waals surface area contributed by atoms with Gasteiger partial charge in [-0.25, -0.2) is 4.39 Å². The Morgan fingerprint density at radius 2 is 1.95 bits per heavy atom. The third kappa shape index (κ3) is 2.85. The number of halogens is 1. The van der Waals surface area contributed by atoms with Crippen molar-refractivity contribution in [2.75, 3.05) is 26.7 Å². The average Bonchev–Trinajstić information content (AvgIpc) is 2.52. The summed E-state index contributed by atoms with van der Waals surface area (Å²) in [5.41, 5.74) is 0.563. The summed E-state index contributed by atoms with van der Waals surface area (Å²) in [5, 5.41) is 0. The van der Waals surface area contributed by atoms with Gasteiger partial charge in [0.1, 0.15) is 5.82 Å². The second-order valence-electron chi connectivity index (χ2n) is 6.55. The minimum Gasteiger partial charge on any atom is -0.345 e. The number of hydrogen-bond acceptors (Lipinski definition) is 2. The number of carbonyl (C=O) groups excluding carboxylic acids is 2. The topological polar surface area (TPSA) is 40.6 Å². The first kappa shape index (κ1) is 15.0. The van der Waals surface area contributed by atoms with E-state index < -0.39 is 0 Å². The average molecular weight is 304 g/mol. The summed E-state index contributed by atoms with van der Waals surface area (Å²) in [7, 11) is 1.85. The molecule has 1 aromatic carbocycles. The molecule has 0 aliphatic carbocycles. The van der Waals surface area contributed by atoms with E-state index in [1.165, 1.54) is 12.1 Å². The van der Waals surface area contributed by atoms with Gasteiger partial charge in [-0.05, 0) is 42.9 Å². The van der Waals surface area contributed by atoms with Crippen LogP contribution in [0.3, 0.4) is 0 Å². The molecule has 1 spiro atoms. The first-order chi connectivity index (χ1) is 10.5. The Balaban J connectivity index is 1.64. The van der Waals surface area contributed by atoms with Crippen molar-refractivity contribution in [3.8, 4) is 0 Å². The van der Waals surface area contributed by atoms with Gasteiger partial charge in [0.25, 0.3) is 5.91 Å². The Morgan fingerprint density at radius 1 is 1.23 bits per heavy atom. The van der Waals surface area contributed by atoms with Crippen LogP contribution >= 0.6 is 0 Å². The SMILES string of the molecule is CN1CC2(CCC1=O)CCN(C(=O)c1cccc(F)c1)CC2. The first-order valence-corrected chi connectivity index (χ1v) is 7.78. The minimum absolute atomic E-state index is 0.102. The van der Waals surface area contributed by atoms with Crippen molar-refractivity contribution in [3.63, 3.8) is 0 Å². The summed E-state index contributed by atoms with van der Waals surface area (Å²) < 4.78 is 13.3. The third-order valence-electron chi connectivity index (χ3n) is 5.05. The van der Waals surface area contributed by atoms with Crippen molar-refractivity contribution in [1.82, 2.24) is 9.80 Å². The highest BCUT2D eigenvalue weighted by atomic mass is 19.1. The monoisotopic (exact) mass is 304 g/mol. The number of benzene rings is 1. The van der Waals surface area contributed by atoms with Gasteiger partial charge in [0.05, 0.1) is 0 Å². The van der Waals surface area contributed by atoms with E-state index in [0.29, 0.717) is 25.1 Å². The summed E-state index contributed by atoms with van der Waals surface area (Å²) >= 11 is 0. The molecule has 0 unspecified atom stereocenters. The third-order valence-corrected chi connectivity index (χ3v) is 5.05. The van der Waals surface area contributed by atoms with Crippen LogP contribution in [0, 0.1) is 11.2 Å². The zero-order valence-corrected chi connectivity index (χ0v) is 12.8. The predicted octanol–water partition coefficient (Wildman–Crippen LogP) is 2.30. The Kier molecular flexibility index (Phi) is 3.89.